The van der Waals surface area contributed by atoms with Gasteiger partial charge in [-0.3, -0.25) is 9.59 Å². The Morgan fingerprint density at radius 3 is 2.83 bits per heavy atom. The Balaban J connectivity index is 2.18. The van der Waals surface area contributed by atoms with E-state index >= 15 is 0 Å². The number of pyridine rings is 1. The standard InChI is InChI=1S/C15H19F2N3O3/c1-9(2)13(22)19-12-5-10(3-4-18-12)14(23)20-8-15(16,17)6-11(20)7-21/h3-5,9,11,21H,6-8H2,1-2H3,(H,18,19,22). The summed E-state index contributed by atoms with van der Waals surface area (Å²) in [5.41, 5.74) is 0.134. The van der Waals surface area contributed by atoms with Gasteiger partial charge in [0.1, 0.15) is 5.82 Å². The normalized spacial score (nSPS) is 19.9. The molecule has 2 rings (SSSR count). The van der Waals surface area contributed by atoms with E-state index in [0.29, 0.717) is 0 Å². The SMILES string of the molecule is CC(C)C(=O)Nc1cc(C(=O)N2CC(F)(F)CC2CO)ccn1. The summed E-state index contributed by atoms with van der Waals surface area (Å²) >= 11 is 0. The predicted octanol–water partition coefficient (Wildman–Crippen LogP) is 1.52. The van der Waals surface area contributed by atoms with Crippen molar-refractivity contribution in [2.75, 3.05) is 18.5 Å². The summed E-state index contributed by atoms with van der Waals surface area (Å²) in [6.45, 7) is 2.17. The number of aromatic nitrogens is 1. The third-order valence-electron chi connectivity index (χ3n) is 3.63. The second-order valence-corrected chi connectivity index (χ2v) is 5.90. The van der Waals surface area contributed by atoms with Crippen molar-refractivity contribution in [2.45, 2.75) is 32.2 Å². The molecule has 1 aromatic heterocycles. The molecule has 0 saturated carbocycles. The smallest absolute Gasteiger partial charge is 0.267 e. The number of hydrogen-bond acceptors (Lipinski definition) is 4. The van der Waals surface area contributed by atoms with Crippen molar-refractivity contribution in [3.63, 3.8) is 0 Å². The van der Waals surface area contributed by atoms with Gasteiger partial charge in [-0.05, 0) is 12.1 Å². The van der Waals surface area contributed by atoms with Crippen LogP contribution in [-0.4, -0.2) is 51.9 Å². The molecule has 8 heteroatoms. The fraction of sp³-hybridized carbons (Fsp3) is 0.533. The first-order chi connectivity index (χ1) is 10.7. The first kappa shape index (κ1) is 17.3. The van der Waals surface area contributed by atoms with Crippen molar-refractivity contribution in [2.24, 2.45) is 5.92 Å². The molecule has 1 aliphatic heterocycles. The van der Waals surface area contributed by atoms with Gasteiger partial charge in [0.2, 0.25) is 5.91 Å². The highest BCUT2D eigenvalue weighted by Gasteiger charge is 2.46. The van der Waals surface area contributed by atoms with Gasteiger partial charge in [0, 0.05) is 24.1 Å². The van der Waals surface area contributed by atoms with Crippen LogP contribution in [0.3, 0.4) is 0 Å². The summed E-state index contributed by atoms with van der Waals surface area (Å²) in [6.07, 6.45) is 0.766. The van der Waals surface area contributed by atoms with Crippen LogP contribution in [0, 0.1) is 5.92 Å². The molecule has 2 N–H and O–H groups in total. The van der Waals surface area contributed by atoms with Crippen LogP contribution in [0.1, 0.15) is 30.6 Å². The van der Waals surface area contributed by atoms with Crippen molar-refractivity contribution in [1.29, 1.82) is 0 Å². The van der Waals surface area contributed by atoms with Gasteiger partial charge in [0.25, 0.3) is 11.8 Å². The van der Waals surface area contributed by atoms with Crippen LogP contribution in [0.4, 0.5) is 14.6 Å². The van der Waals surface area contributed by atoms with Crippen LogP contribution in [0.5, 0.6) is 0 Å². The quantitative estimate of drug-likeness (QED) is 0.878. The van der Waals surface area contributed by atoms with E-state index in [1.807, 2.05) is 0 Å². The Labute approximate surface area is 132 Å². The van der Waals surface area contributed by atoms with E-state index in [9.17, 15) is 23.5 Å². The average molecular weight is 327 g/mol. The number of halogens is 2. The summed E-state index contributed by atoms with van der Waals surface area (Å²) in [5, 5.41) is 11.8. The van der Waals surface area contributed by atoms with Crippen molar-refractivity contribution in [1.82, 2.24) is 9.88 Å². The molecule has 126 valence electrons. The summed E-state index contributed by atoms with van der Waals surface area (Å²) in [6, 6.07) is 1.81. The summed E-state index contributed by atoms with van der Waals surface area (Å²) in [5.74, 6) is -3.97. The van der Waals surface area contributed by atoms with E-state index in [0.717, 1.165) is 4.90 Å². The van der Waals surface area contributed by atoms with Crippen LogP contribution in [0.2, 0.25) is 0 Å². The third kappa shape index (κ3) is 4.01. The van der Waals surface area contributed by atoms with Crippen LogP contribution < -0.4 is 5.32 Å². The number of hydrogen-bond donors (Lipinski definition) is 2. The number of nitrogens with zero attached hydrogens (tertiary/aromatic N) is 2. The fourth-order valence-corrected chi connectivity index (χ4v) is 2.37. The second-order valence-electron chi connectivity index (χ2n) is 5.90. The summed E-state index contributed by atoms with van der Waals surface area (Å²) in [4.78, 5) is 29.0. The molecule has 6 nitrogen and oxygen atoms in total. The van der Waals surface area contributed by atoms with E-state index in [4.69, 9.17) is 0 Å². The maximum absolute atomic E-state index is 13.5. The van der Waals surface area contributed by atoms with Crippen molar-refractivity contribution in [3.05, 3.63) is 23.9 Å². The highest BCUT2D eigenvalue weighted by molar-refractivity contribution is 5.97. The Morgan fingerprint density at radius 2 is 2.22 bits per heavy atom. The molecule has 0 aromatic carbocycles. The van der Waals surface area contributed by atoms with Crippen molar-refractivity contribution in [3.8, 4) is 0 Å². The first-order valence-electron chi connectivity index (χ1n) is 7.30. The molecule has 2 amide bonds. The van der Waals surface area contributed by atoms with E-state index in [1.165, 1.54) is 18.3 Å². The molecule has 1 aliphatic rings. The average Bonchev–Trinajstić information content (AvgIpc) is 2.81. The minimum Gasteiger partial charge on any atom is -0.394 e. The Bertz CT molecular complexity index is 607. The number of amides is 2. The topological polar surface area (TPSA) is 82.5 Å². The third-order valence-corrected chi connectivity index (χ3v) is 3.63. The Hall–Kier alpha value is -2.09. The zero-order chi connectivity index (χ0) is 17.2. The molecule has 1 saturated heterocycles. The number of aliphatic hydroxyl groups excluding tert-OH is 1. The number of anilines is 1. The molecule has 23 heavy (non-hydrogen) atoms. The van der Waals surface area contributed by atoms with E-state index in [-0.39, 0.29) is 23.2 Å². The molecular formula is C15H19F2N3O3. The lowest BCUT2D eigenvalue weighted by Gasteiger charge is -2.22. The monoisotopic (exact) mass is 327 g/mol. The molecule has 0 aliphatic carbocycles. The van der Waals surface area contributed by atoms with Gasteiger partial charge < -0.3 is 15.3 Å². The highest BCUT2D eigenvalue weighted by Crippen LogP contribution is 2.32. The lowest BCUT2D eigenvalue weighted by Crippen LogP contribution is -2.38. The predicted molar refractivity (Wildman–Crippen MR) is 79.2 cm³/mol. The lowest BCUT2D eigenvalue weighted by molar-refractivity contribution is -0.118. The van der Waals surface area contributed by atoms with Crippen LogP contribution in [0.25, 0.3) is 0 Å². The molecule has 1 unspecified atom stereocenters. The minimum absolute atomic E-state index is 0.134. The molecule has 0 radical (unpaired) electrons. The van der Waals surface area contributed by atoms with Crippen molar-refractivity contribution >= 4 is 17.6 Å². The lowest BCUT2D eigenvalue weighted by atomic mass is 10.2. The number of carbonyl (C=O) groups excluding carboxylic acids is 2. The summed E-state index contributed by atoms with van der Waals surface area (Å²) < 4.78 is 26.9. The molecule has 0 bridgehead atoms. The largest absolute Gasteiger partial charge is 0.394 e. The number of aliphatic hydroxyl groups is 1. The zero-order valence-electron chi connectivity index (χ0n) is 12.9. The van der Waals surface area contributed by atoms with Crippen LogP contribution >= 0.6 is 0 Å². The first-order valence-corrected chi connectivity index (χ1v) is 7.30. The van der Waals surface area contributed by atoms with E-state index in [1.54, 1.807) is 13.8 Å². The summed E-state index contributed by atoms with van der Waals surface area (Å²) in [7, 11) is 0. The van der Waals surface area contributed by atoms with Gasteiger partial charge in [-0.15, -0.1) is 0 Å². The van der Waals surface area contributed by atoms with Crippen LogP contribution in [0.15, 0.2) is 18.3 Å². The molecular weight excluding hydrogens is 308 g/mol. The molecule has 1 fully saturated rings. The number of alkyl halides is 2. The van der Waals surface area contributed by atoms with Gasteiger partial charge in [-0.2, -0.15) is 0 Å². The number of likely N-dealkylation sites (tertiary alicyclic amines) is 1. The van der Waals surface area contributed by atoms with Gasteiger partial charge in [0.15, 0.2) is 0 Å². The Kier molecular flexibility index (Phi) is 4.93. The molecule has 1 atom stereocenters. The maximum Gasteiger partial charge on any atom is 0.267 e. The van der Waals surface area contributed by atoms with Gasteiger partial charge in [-0.1, -0.05) is 13.8 Å². The Morgan fingerprint density at radius 1 is 1.52 bits per heavy atom. The molecule has 2 heterocycles. The van der Waals surface area contributed by atoms with E-state index < -0.39 is 37.4 Å². The molecule has 1 aromatic rings. The van der Waals surface area contributed by atoms with Crippen LogP contribution in [-0.2, 0) is 4.79 Å². The van der Waals surface area contributed by atoms with Gasteiger partial charge >= 0.3 is 0 Å². The van der Waals surface area contributed by atoms with Gasteiger partial charge in [0.05, 0.1) is 19.2 Å². The second kappa shape index (κ2) is 6.57. The van der Waals surface area contributed by atoms with E-state index in [2.05, 4.69) is 10.3 Å². The highest BCUT2D eigenvalue weighted by atomic mass is 19.3. The number of nitrogens with one attached hydrogen (secondary N) is 1. The number of rotatable bonds is 4. The van der Waals surface area contributed by atoms with Gasteiger partial charge in [-0.25, -0.2) is 13.8 Å². The van der Waals surface area contributed by atoms with Crippen molar-refractivity contribution < 1.29 is 23.5 Å². The minimum atomic E-state index is -3.01. The fourth-order valence-electron chi connectivity index (χ4n) is 2.37. The number of carbonyl (C=O) groups is 2. The molecule has 0 spiro atoms. The zero-order valence-corrected chi connectivity index (χ0v) is 12.9. The maximum atomic E-state index is 13.5.